The molecule has 1 aromatic carbocycles. The summed E-state index contributed by atoms with van der Waals surface area (Å²) in [6.07, 6.45) is 0. The number of rotatable bonds is 3. The summed E-state index contributed by atoms with van der Waals surface area (Å²) in [7, 11) is 0. The van der Waals surface area contributed by atoms with Crippen molar-refractivity contribution in [1.29, 1.82) is 0 Å². The fraction of sp³-hybridized carbons (Fsp3) is 0.286. The molecule has 19 heavy (non-hydrogen) atoms. The molecule has 0 saturated carbocycles. The molecular weight excluding hydrogens is 260 g/mol. The zero-order valence-corrected chi connectivity index (χ0v) is 11.4. The van der Waals surface area contributed by atoms with E-state index < -0.39 is 5.97 Å². The quantitative estimate of drug-likeness (QED) is 0.935. The van der Waals surface area contributed by atoms with Crippen LogP contribution in [0.1, 0.15) is 32.2 Å². The standard InChI is InChI=1S/C14H14N2O2S/c1-9-8-19-13(15-9)7-16-5-11-3-2-10(14(17)18)4-12(11)6-16/h2-4,8H,5-7H2,1H3,(H,17,18). The van der Waals surface area contributed by atoms with Crippen molar-refractivity contribution in [3.63, 3.8) is 0 Å². The Labute approximate surface area is 115 Å². The van der Waals surface area contributed by atoms with Gasteiger partial charge in [-0.05, 0) is 30.2 Å². The first-order valence-electron chi connectivity index (χ1n) is 6.10. The number of carboxylic acids is 1. The number of aromatic carboxylic acids is 1. The Morgan fingerprint density at radius 2 is 2.21 bits per heavy atom. The van der Waals surface area contributed by atoms with Crippen molar-refractivity contribution in [1.82, 2.24) is 9.88 Å². The molecule has 1 N–H and O–H groups in total. The van der Waals surface area contributed by atoms with Crippen molar-refractivity contribution in [2.24, 2.45) is 0 Å². The van der Waals surface area contributed by atoms with Gasteiger partial charge in [0.1, 0.15) is 5.01 Å². The maximum atomic E-state index is 11.0. The number of aromatic nitrogens is 1. The Hall–Kier alpha value is -1.72. The molecule has 0 spiro atoms. The van der Waals surface area contributed by atoms with Gasteiger partial charge in [0, 0.05) is 24.2 Å². The lowest BCUT2D eigenvalue weighted by atomic mass is 10.1. The first kappa shape index (κ1) is 12.3. The highest BCUT2D eigenvalue weighted by Crippen LogP contribution is 2.26. The van der Waals surface area contributed by atoms with Gasteiger partial charge in [0.15, 0.2) is 0 Å². The molecule has 0 saturated heterocycles. The lowest BCUT2D eigenvalue weighted by Crippen LogP contribution is -2.15. The molecule has 2 aromatic rings. The van der Waals surface area contributed by atoms with Gasteiger partial charge in [-0.2, -0.15) is 0 Å². The van der Waals surface area contributed by atoms with Crippen molar-refractivity contribution in [3.8, 4) is 0 Å². The van der Waals surface area contributed by atoms with E-state index in [1.54, 1.807) is 23.5 Å². The lowest BCUT2D eigenvalue weighted by Gasteiger charge is -2.11. The molecular formula is C14H14N2O2S. The Kier molecular flexibility index (Phi) is 3.08. The molecule has 0 amide bonds. The number of carboxylic acid groups (broad SMARTS) is 1. The molecule has 0 fully saturated rings. The van der Waals surface area contributed by atoms with Gasteiger partial charge >= 0.3 is 5.97 Å². The minimum Gasteiger partial charge on any atom is -0.478 e. The number of fused-ring (bicyclic) bond motifs is 1. The van der Waals surface area contributed by atoms with E-state index in [9.17, 15) is 4.79 Å². The fourth-order valence-corrected chi connectivity index (χ4v) is 3.19. The van der Waals surface area contributed by atoms with E-state index in [4.69, 9.17) is 5.11 Å². The van der Waals surface area contributed by atoms with Crippen LogP contribution in [0.25, 0.3) is 0 Å². The fourth-order valence-electron chi connectivity index (χ4n) is 2.38. The largest absolute Gasteiger partial charge is 0.478 e. The van der Waals surface area contributed by atoms with E-state index in [2.05, 4.69) is 15.3 Å². The van der Waals surface area contributed by atoms with Crippen LogP contribution in [-0.4, -0.2) is 21.0 Å². The zero-order valence-electron chi connectivity index (χ0n) is 10.6. The number of thiazole rings is 1. The third-order valence-corrected chi connectivity index (χ3v) is 4.22. The summed E-state index contributed by atoms with van der Waals surface area (Å²) in [6.45, 7) is 4.50. The van der Waals surface area contributed by atoms with Crippen LogP contribution >= 0.6 is 11.3 Å². The van der Waals surface area contributed by atoms with Crippen LogP contribution in [0.5, 0.6) is 0 Å². The predicted molar refractivity (Wildman–Crippen MR) is 73.2 cm³/mol. The highest BCUT2D eigenvalue weighted by atomic mass is 32.1. The number of hydrogen-bond acceptors (Lipinski definition) is 4. The average molecular weight is 274 g/mol. The van der Waals surface area contributed by atoms with Crippen LogP contribution in [0.2, 0.25) is 0 Å². The monoisotopic (exact) mass is 274 g/mol. The molecule has 4 nitrogen and oxygen atoms in total. The Morgan fingerprint density at radius 3 is 2.89 bits per heavy atom. The van der Waals surface area contributed by atoms with Gasteiger partial charge in [-0.15, -0.1) is 11.3 Å². The summed E-state index contributed by atoms with van der Waals surface area (Å²) in [4.78, 5) is 17.7. The highest BCUT2D eigenvalue weighted by Gasteiger charge is 2.21. The van der Waals surface area contributed by atoms with Gasteiger partial charge in [0.25, 0.3) is 0 Å². The van der Waals surface area contributed by atoms with Crippen LogP contribution < -0.4 is 0 Å². The predicted octanol–water partition coefficient (Wildman–Crippen LogP) is 2.67. The van der Waals surface area contributed by atoms with Crippen LogP contribution in [0.15, 0.2) is 23.6 Å². The summed E-state index contributed by atoms with van der Waals surface area (Å²) >= 11 is 1.68. The Bertz CT molecular complexity index is 636. The third kappa shape index (κ3) is 2.52. The summed E-state index contributed by atoms with van der Waals surface area (Å²) in [5.41, 5.74) is 3.77. The second-order valence-electron chi connectivity index (χ2n) is 4.82. The van der Waals surface area contributed by atoms with Gasteiger partial charge in [0.05, 0.1) is 12.1 Å². The van der Waals surface area contributed by atoms with Crippen LogP contribution in [0.3, 0.4) is 0 Å². The van der Waals surface area contributed by atoms with Crippen LogP contribution in [0, 0.1) is 6.92 Å². The molecule has 1 aliphatic rings. The SMILES string of the molecule is Cc1csc(CN2Cc3ccc(C(=O)O)cc3C2)n1. The summed E-state index contributed by atoms with van der Waals surface area (Å²) in [6, 6.07) is 5.38. The summed E-state index contributed by atoms with van der Waals surface area (Å²) in [5, 5.41) is 12.2. The molecule has 0 radical (unpaired) electrons. The van der Waals surface area contributed by atoms with Crippen molar-refractivity contribution in [2.75, 3.05) is 0 Å². The number of aryl methyl sites for hydroxylation is 1. The van der Waals surface area contributed by atoms with Crippen molar-refractivity contribution >= 4 is 17.3 Å². The zero-order chi connectivity index (χ0) is 13.4. The van der Waals surface area contributed by atoms with E-state index in [0.717, 1.165) is 35.9 Å². The summed E-state index contributed by atoms with van der Waals surface area (Å²) < 4.78 is 0. The maximum Gasteiger partial charge on any atom is 0.335 e. The van der Waals surface area contributed by atoms with Crippen LogP contribution in [-0.2, 0) is 19.6 Å². The molecule has 2 heterocycles. The molecule has 0 unspecified atom stereocenters. The number of nitrogens with zero attached hydrogens (tertiary/aromatic N) is 2. The molecule has 5 heteroatoms. The number of benzene rings is 1. The van der Waals surface area contributed by atoms with Gasteiger partial charge in [-0.1, -0.05) is 6.07 Å². The molecule has 1 aromatic heterocycles. The second kappa shape index (κ2) is 4.75. The van der Waals surface area contributed by atoms with E-state index in [-0.39, 0.29) is 0 Å². The maximum absolute atomic E-state index is 11.0. The van der Waals surface area contributed by atoms with E-state index in [1.807, 2.05) is 13.0 Å². The molecule has 3 rings (SSSR count). The average Bonchev–Trinajstić information content (AvgIpc) is 2.94. The third-order valence-electron chi connectivity index (χ3n) is 3.27. The summed E-state index contributed by atoms with van der Waals surface area (Å²) in [5.74, 6) is -0.864. The van der Waals surface area contributed by atoms with Gasteiger partial charge in [-0.25, -0.2) is 9.78 Å². The topological polar surface area (TPSA) is 53.4 Å². The van der Waals surface area contributed by atoms with Crippen molar-refractivity contribution in [2.45, 2.75) is 26.6 Å². The Morgan fingerprint density at radius 1 is 1.42 bits per heavy atom. The first-order chi connectivity index (χ1) is 9.11. The second-order valence-corrected chi connectivity index (χ2v) is 5.76. The lowest BCUT2D eigenvalue weighted by molar-refractivity contribution is 0.0696. The molecule has 0 atom stereocenters. The van der Waals surface area contributed by atoms with Crippen molar-refractivity contribution < 1.29 is 9.90 Å². The number of hydrogen-bond donors (Lipinski definition) is 1. The van der Waals surface area contributed by atoms with Gasteiger partial charge in [0.2, 0.25) is 0 Å². The smallest absolute Gasteiger partial charge is 0.335 e. The van der Waals surface area contributed by atoms with Crippen LogP contribution in [0.4, 0.5) is 0 Å². The highest BCUT2D eigenvalue weighted by molar-refractivity contribution is 7.09. The van der Waals surface area contributed by atoms with E-state index in [0.29, 0.717) is 5.56 Å². The molecule has 0 bridgehead atoms. The first-order valence-corrected chi connectivity index (χ1v) is 6.98. The Balaban J connectivity index is 1.75. The minimum atomic E-state index is -0.864. The number of carbonyl (C=O) groups is 1. The molecule has 98 valence electrons. The molecule has 1 aliphatic heterocycles. The normalized spacial score (nSPS) is 14.6. The van der Waals surface area contributed by atoms with Gasteiger partial charge < -0.3 is 5.11 Å². The minimum absolute atomic E-state index is 0.366. The van der Waals surface area contributed by atoms with E-state index >= 15 is 0 Å². The van der Waals surface area contributed by atoms with E-state index in [1.165, 1.54) is 5.56 Å². The van der Waals surface area contributed by atoms with Crippen molar-refractivity contribution in [3.05, 3.63) is 51.0 Å². The van der Waals surface area contributed by atoms with Gasteiger partial charge in [-0.3, -0.25) is 4.90 Å². The molecule has 0 aliphatic carbocycles.